The fourth-order valence-corrected chi connectivity index (χ4v) is 10.1. The lowest BCUT2D eigenvalue weighted by molar-refractivity contribution is -0.133. The quantitative estimate of drug-likeness (QED) is 0.0320. The van der Waals surface area contributed by atoms with Crippen LogP contribution in [0.1, 0.15) is 126 Å². The molecule has 0 aliphatic carbocycles. The molecule has 0 aliphatic rings. The Morgan fingerprint density at radius 3 is 1.41 bits per heavy atom. The van der Waals surface area contributed by atoms with Crippen molar-refractivity contribution in [3.8, 4) is 0 Å². The number of nitrogens with zero attached hydrogens (tertiary/aromatic N) is 1. The van der Waals surface area contributed by atoms with Crippen molar-refractivity contribution < 1.29 is 39.7 Å². The summed E-state index contributed by atoms with van der Waals surface area (Å²) in [6, 6.07) is 28.1. The molecule has 0 saturated heterocycles. The first-order valence-corrected chi connectivity index (χ1v) is 26.9. The van der Waals surface area contributed by atoms with Crippen molar-refractivity contribution in [3.05, 3.63) is 108 Å². The lowest BCUT2D eigenvalue weighted by Crippen LogP contribution is -2.47. The number of hydrogen-bond donors (Lipinski definition) is 6. The molecule has 0 radical (unpaired) electrons. The Kier molecular flexibility index (Phi) is 32.1. The van der Waals surface area contributed by atoms with Crippen LogP contribution in [0.3, 0.4) is 0 Å². The number of ketones is 4. The van der Waals surface area contributed by atoms with E-state index in [4.69, 9.17) is 6.11 Å². The molecule has 3 rings (SSSR count). The number of carbonyl (C=O) groups excluding carboxylic acids is 7. The topological polar surface area (TPSA) is 168 Å². The Labute approximate surface area is 448 Å². The maximum absolute atomic E-state index is 14.1. The van der Waals surface area contributed by atoms with E-state index in [0.717, 1.165) is 16.7 Å². The van der Waals surface area contributed by atoms with E-state index in [9.17, 15) is 33.6 Å². The van der Waals surface area contributed by atoms with E-state index < -0.39 is 46.4 Å². The summed E-state index contributed by atoms with van der Waals surface area (Å²) in [5.41, 5.74) is 2.40. The third-order valence-electron chi connectivity index (χ3n) is 11.4. The molecule has 0 aliphatic heterocycles. The van der Waals surface area contributed by atoms with Gasteiger partial charge in [0.05, 0.1) is 40.8 Å². The number of benzene rings is 3. The first kappa shape index (κ1) is 64.9. The predicted molar refractivity (Wildman–Crippen MR) is 303 cm³/mol. The van der Waals surface area contributed by atoms with Gasteiger partial charge >= 0.3 is 6.09 Å². The highest BCUT2D eigenvalue weighted by Gasteiger charge is 2.40. The van der Waals surface area contributed by atoms with Gasteiger partial charge < -0.3 is 25.6 Å². The smallest absolute Gasteiger partial charge is 0.410 e. The highest BCUT2D eigenvalue weighted by atomic mass is 32.2. The van der Waals surface area contributed by atoms with Crippen LogP contribution in [0.4, 0.5) is 4.79 Å². The van der Waals surface area contributed by atoms with Crippen molar-refractivity contribution in [2.75, 3.05) is 37.1 Å². The second-order valence-electron chi connectivity index (χ2n) is 17.4. The number of likely N-dealkylation sites (N-methyl/N-ethyl adjacent to an activating group) is 2. The summed E-state index contributed by atoms with van der Waals surface area (Å²) in [5.74, 6) is -1.37. The predicted octanol–water partition coefficient (Wildman–Crippen LogP) is 9.87. The molecular weight excluding hydrogens is 973 g/mol. The van der Waals surface area contributed by atoms with E-state index in [0.29, 0.717) is 38.3 Å². The van der Waals surface area contributed by atoms with Gasteiger partial charge in [-0.25, -0.2) is 4.79 Å². The largest absolute Gasteiger partial charge is 0.444 e. The second-order valence-corrected chi connectivity index (χ2v) is 19.7. The summed E-state index contributed by atoms with van der Waals surface area (Å²) in [4.78, 5) is 90.8. The van der Waals surface area contributed by atoms with Crippen molar-refractivity contribution in [2.24, 2.45) is 11.8 Å². The fraction of sp³-hybridized carbons (Fsp3) is 0.545. The Morgan fingerprint density at radius 1 is 0.634 bits per heavy atom. The molecule has 0 heterocycles. The molecule has 6 atom stereocenters. The fourth-order valence-electron chi connectivity index (χ4n) is 7.47. The van der Waals surface area contributed by atoms with Crippen LogP contribution in [0, 0.1) is 11.8 Å². The Hall–Kier alpha value is -4.09. The lowest BCUT2D eigenvalue weighted by Gasteiger charge is -2.37. The minimum atomic E-state index is -0.775. The molecule has 16 heteroatoms. The van der Waals surface area contributed by atoms with Gasteiger partial charge in [0.15, 0.2) is 23.1 Å². The number of ether oxygens (including phenoxy) is 1. The van der Waals surface area contributed by atoms with Crippen LogP contribution in [0.25, 0.3) is 0 Å². The minimum Gasteiger partial charge on any atom is -0.444 e. The third-order valence-corrected chi connectivity index (χ3v) is 14.3. The summed E-state index contributed by atoms with van der Waals surface area (Å²) >= 11 is 13.9. The molecule has 0 bridgehead atoms. The number of hydrogen-bond acceptors (Lipinski definition) is 13. The van der Waals surface area contributed by atoms with E-state index >= 15 is 0 Å². The Balaban J connectivity index is 0.00000169. The number of nitrogens with one attached hydrogen (secondary N) is 3. The lowest BCUT2D eigenvalue weighted by atomic mass is 9.84. The highest BCUT2D eigenvalue weighted by molar-refractivity contribution is 8.00. The van der Waals surface area contributed by atoms with E-state index in [2.05, 4.69) is 90.2 Å². The molecule has 12 nitrogen and oxygen atoms in total. The van der Waals surface area contributed by atoms with Crippen molar-refractivity contribution in [1.29, 1.82) is 0 Å². The molecule has 0 spiro atoms. The van der Waals surface area contributed by atoms with Crippen LogP contribution in [0.15, 0.2) is 91.0 Å². The summed E-state index contributed by atoms with van der Waals surface area (Å²) in [7, 11) is 3.23. The second kappa shape index (κ2) is 35.1. The zero-order valence-corrected chi connectivity index (χ0v) is 46.4. The van der Waals surface area contributed by atoms with Gasteiger partial charge in [0.1, 0.15) is 5.60 Å². The van der Waals surface area contributed by atoms with E-state index in [-0.39, 0.29) is 78.5 Å². The van der Waals surface area contributed by atoms with Crippen LogP contribution in [-0.2, 0) is 38.3 Å². The monoisotopic (exact) mass is 1060 g/mol. The molecule has 71 heavy (non-hydrogen) atoms. The SMILES string of the molecule is C.CCC(=O)[C@H](CC)NC(=O)[C@H](CSC(c1ccccc1)(c1ccccc1)c1ccccc1)CC(=O)[C@H](CC)N(C)C(=O)OC(C)(C)C.CCC(=O)[C@H](CS)NC(=O)[C@H](CS)CC(=O)[C@H](CS)NC.[2H]CC. The van der Waals surface area contributed by atoms with Gasteiger partial charge in [-0.05, 0) is 57.4 Å². The van der Waals surface area contributed by atoms with Crippen molar-refractivity contribution in [1.82, 2.24) is 20.9 Å². The first-order valence-electron chi connectivity index (χ1n) is 24.7. The molecule has 0 saturated carbocycles. The standard InChI is InChI=1S/C39H50N2O5S.C13H24N2O3S3.C2H6.CH4/c1-8-32(34(42)10-3)40-36(44)28(26-35(43)33(9-2)41(7)37(45)46-38(4,5)6)27-47-39(29-20-14-11-15-21-29,30-22-16-12-17-23-30)31-24-18-13-19-25-31;1-3-11(16)10(7-21)15-13(18)8(5-19)4-12(17)9(6-20)14-2;1-2;/h11-25,28,32-33H,8-10,26-27H2,1-7H3,(H,40,44);8-10,14,19-21H,3-7H2,1-2H3,(H,15,18);1-2H3;1H4/t28-,32-,33-;8-,9-,10-;;/m00../s1/i;;1D;. The minimum absolute atomic E-state index is 0. The average Bonchev–Trinajstić information content (AvgIpc) is 3.37. The van der Waals surface area contributed by atoms with E-state index in [1.54, 1.807) is 67.4 Å². The maximum atomic E-state index is 14.1. The average molecular weight is 1060 g/mol. The van der Waals surface area contributed by atoms with Crippen LogP contribution in [-0.4, -0.2) is 113 Å². The van der Waals surface area contributed by atoms with Gasteiger partial charge in [0, 0.05) is 57.1 Å². The number of Topliss-reactive ketones (excluding diaryl/α,β-unsaturated/α-hetero) is 4. The summed E-state index contributed by atoms with van der Waals surface area (Å²) < 4.78 is 11.0. The molecule has 3 amide bonds. The molecule has 396 valence electrons. The summed E-state index contributed by atoms with van der Waals surface area (Å²) in [6.07, 6.45) is 0.823. The van der Waals surface area contributed by atoms with Crippen LogP contribution in [0.5, 0.6) is 0 Å². The molecule has 0 unspecified atom stereocenters. The normalized spacial score (nSPS) is 13.7. The molecule has 3 aromatic rings. The number of thiol groups is 3. The van der Waals surface area contributed by atoms with Crippen LogP contribution >= 0.6 is 49.6 Å². The number of rotatable bonds is 27. The first-order chi connectivity index (χ1) is 33.7. The van der Waals surface area contributed by atoms with Gasteiger partial charge in [-0.2, -0.15) is 37.9 Å². The molecule has 3 N–H and O–H groups in total. The Bertz CT molecular complexity index is 1980. The molecule has 0 aromatic heterocycles. The number of thioether (sulfide) groups is 1. The van der Waals surface area contributed by atoms with Crippen molar-refractivity contribution >= 4 is 90.7 Å². The van der Waals surface area contributed by atoms with Crippen LogP contribution in [0.2, 0.25) is 0 Å². The summed E-state index contributed by atoms with van der Waals surface area (Å²) in [6.45, 7) is 14.8. The molecular formula is C55H84N4O8S4. The third kappa shape index (κ3) is 21.1. The molecule has 3 aromatic carbocycles. The van der Waals surface area contributed by atoms with Crippen molar-refractivity contribution in [2.45, 2.75) is 143 Å². The maximum Gasteiger partial charge on any atom is 0.410 e. The number of amides is 3. The van der Waals surface area contributed by atoms with E-state index in [1.165, 1.54) is 4.90 Å². The van der Waals surface area contributed by atoms with Gasteiger partial charge in [0.25, 0.3) is 0 Å². The summed E-state index contributed by atoms with van der Waals surface area (Å²) in [5, 5.41) is 8.45. The van der Waals surface area contributed by atoms with Gasteiger partial charge in [-0.15, -0.1) is 11.8 Å². The number of carbonyl (C=O) groups is 7. The Morgan fingerprint density at radius 2 is 1.04 bits per heavy atom. The zero-order valence-electron chi connectivity index (χ0n) is 43.9. The van der Waals surface area contributed by atoms with Crippen molar-refractivity contribution in [3.63, 3.8) is 0 Å². The van der Waals surface area contributed by atoms with Gasteiger partial charge in [0.2, 0.25) is 11.8 Å². The highest BCUT2D eigenvalue weighted by Crippen LogP contribution is 2.49. The van der Waals surface area contributed by atoms with Gasteiger partial charge in [-0.1, -0.05) is 140 Å². The van der Waals surface area contributed by atoms with Gasteiger partial charge in [-0.3, -0.25) is 28.8 Å². The zero-order chi connectivity index (χ0) is 53.7. The molecule has 0 fully saturated rings. The van der Waals surface area contributed by atoms with Crippen LogP contribution < -0.4 is 16.0 Å². The van der Waals surface area contributed by atoms with E-state index in [1.807, 2.05) is 68.4 Å².